The number of thiophene rings is 1. The highest BCUT2D eigenvalue weighted by Crippen LogP contribution is 2.30. The van der Waals surface area contributed by atoms with E-state index in [9.17, 15) is 9.90 Å². The molecule has 2 rings (SSSR count). The van der Waals surface area contributed by atoms with Crippen LogP contribution < -0.4 is 4.74 Å². The third-order valence-electron chi connectivity index (χ3n) is 3.43. The zero-order chi connectivity index (χ0) is 16.3. The molecule has 6 heteroatoms. The molecular formula is C16H18ClNO3S. The Morgan fingerprint density at radius 1 is 1.41 bits per heavy atom. The molecule has 118 valence electrons. The molecule has 0 bridgehead atoms. The first-order valence-corrected chi connectivity index (χ1v) is 7.98. The number of methoxy groups -OCH3 is 1. The van der Waals surface area contributed by atoms with Gasteiger partial charge in [-0.3, -0.25) is 4.79 Å². The van der Waals surface area contributed by atoms with Crippen LogP contribution in [0.4, 0.5) is 0 Å². The quantitative estimate of drug-likeness (QED) is 0.899. The van der Waals surface area contributed by atoms with Crippen molar-refractivity contribution in [3.05, 3.63) is 45.1 Å². The van der Waals surface area contributed by atoms with Gasteiger partial charge in [0.1, 0.15) is 0 Å². The molecule has 1 aromatic heterocycles. The number of likely N-dealkylation sites (N-methyl/N-ethyl adjacent to an activating group) is 1. The molecule has 0 saturated carbocycles. The van der Waals surface area contributed by atoms with Gasteiger partial charge in [-0.15, -0.1) is 11.3 Å². The van der Waals surface area contributed by atoms with Crippen LogP contribution in [0.1, 0.15) is 23.3 Å². The highest BCUT2D eigenvalue weighted by Gasteiger charge is 2.21. The number of halogens is 1. The van der Waals surface area contributed by atoms with E-state index >= 15 is 0 Å². The summed E-state index contributed by atoms with van der Waals surface area (Å²) in [5, 5.41) is 9.79. The number of hydrogen-bond donors (Lipinski definition) is 1. The average molecular weight is 340 g/mol. The summed E-state index contributed by atoms with van der Waals surface area (Å²) in [5.74, 6) is 0.251. The summed E-state index contributed by atoms with van der Waals surface area (Å²) in [4.78, 5) is 15.0. The van der Waals surface area contributed by atoms with E-state index in [0.717, 1.165) is 10.4 Å². The largest absolute Gasteiger partial charge is 0.504 e. The van der Waals surface area contributed by atoms with Crippen LogP contribution in [-0.4, -0.2) is 30.1 Å². The van der Waals surface area contributed by atoms with E-state index in [0.29, 0.717) is 16.6 Å². The van der Waals surface area contributed by atoms with E-state index in [1.54, 1.807) is 30.1 Å². The van der Waals surface area contributed by atoms with Gasteiger partial charge in [0.15, 0.2) is 11.5 Å². The van der Waals surface area contributed by atoms with E-state index in [2.05, 4.69) is 0 Å². The number of benzene rings is 1. The molecule has 1 heterocycles. The summed E-state index contributed by atoms with van der Waals surface area (Å²) < 4.78 is 5.69. The van der Waals surface area contributed by atoms with Crippen LogP contribution in [0.15, 0.2) is 30.3 Å². The summed E-state index contributed by atoms with van der Waals surface area (Å²) in [5.41, 5.74) is 0.838. The minimum Gasteiger partial charge on any atom is -0.504 e. The van der Waals surface area contributed by atoms with Crippen LogP contribution in [0.2, 0.25) is 4.34 Å². The maximum atomic E-state index is 12.5. The Morgan fingerprint density at radius 3 is 2.68 bits per heavy atom. The summed E-state index contributed by atoms with van der Waals surface area (Å²) in [7, 11) is 3.24. The van der Waals surface area contributed by atoms with Crippen molar-refractivity contribution in [3.63, 3.8) is 0 Å². The third-order valence-corrected chi connectivity index (χ3v) is 4.84. The standard InChI is InChI=1S/C16H18ClNO3S/c1-10(14-6-7-15(17)22-14)16(20)18(2)9-11-4-5-13(21-3)12(19)8-11/h4-8,10,19H,9H2,1-3H3/t10-/m1/s1. The lowest BCUT2D eigenvalue weighted by molar-refractivity contribution is -0.131. The Kier molecular flexibility index (Phi) is 5.32. The lowest BCUT2D eigenvalue weighted by Gasteiger charge is -2.21. The Hall–Kier alpha value is -1.72. The van der Waals surface area contributed by atoms with E-state index in [1.807, 2.05) is 19.1 Å². The second-order valence-electron chi connectivity index (χ2n) is 5.06. The van der Waals surface area contributed by atoms with Gasteiger partial charge in [0.05, 0.1) is 17.4 Å². The lowest BCUT2D eigenvalue weighted by atomic mass is 10.1. The maximum Gasteiger partial charge on any atom is 0.230 e. The maximum absolute atomic E-state index is 12.5. The lowest BCUT2D eigenvalue weighted by Crippen LogP contribution is -2.29. The molecule has 1 amide bonds. The molecule has 0 saturated heterocycles. The molecule has 0 aliphatic heterocycles. The molecule has 1 aromatic carbocycles. The highest BCUT2D eigenvalue weighted by molar-refractivity contribution is 7.16. The molecule has 0 unspecified atom stereocenters. The summed E-state index contributed by atoms with van der Waals surface area (Å²) in [6, 6.07) is 8.80. The van der Waals surface area contributed by atoms with E-state index < -0.39 is 0 Å². The second kappa shape index (κ2) is 7.03. The number of aromatic hydroxyl groups is 1. The zero-order valence-electron chi connectivity index (χ0n) is 12.7. The fourth-order valence-electron chi connectivity index (χ4n) is 2.20. The van der Waals surface area contributed by atoms with Crippen molar-refractivity contribution in [1.82, 2.24) is 4.90 Å². The number of carbonyl (C=O) groups excluding carboxylic acids is 1. The first-order valence-electron chi connectivity index (χ1n) is 6.78. The van der Waals surface area contributed by atoms with Crippen molar-refractivity contribution in [3.8, 4) is 11.5 Å². The molecule has 22 heavy (non-hydrogen) atoms. The van der Waals surface area contributed by atoms with E-state index in [-0.39, 0.29) is 17.6 Å². The zero-order valence-corrected chi connectivity index (χ0v) is 14.2. The van der Waals surface area contributed by atoms with Gasteiger partial charge in [-0.1, -0.05) is 17.7 Å². The van der Waals surface area contributed by atoms with Crippen molar-refractivity contribution in [2.45, 2.75) is 19.4 Å². The predicted octanol–water partition coefficient (Wildman–Crippen LogP) is 3.88. The molecule has 0 aliphatic carbocycles. The number of hydrogen-bond acceptors (Lipinski definition) is 4. The van der Waals surface area contributed by atoms with Gasteiger partial charge in [-0.05, 0) is 36.8 Å². The van der Waals surface area contributed by atoms with Gasteiger partial charge >= 0.3 is 0 Å². The monoisotopic (exact) mass is 339 g/mol. The molecule has 1 N–H and O–H groups in total. The predicted molar refractivity (Wildman–Crippen MR) is 88.9 cm³/mol. The van der Waals surface area contributed by atoms with Crippen molar-refractivity contribution in [2.24, 2.45) is 0 Å². The smallest absolute Gasteiger partial charge is 0.230 e. The van der Waals surface area contributed by atoms with Gasteiger partial charge < -0.3 is 14.7 Å². The molecule has 2 aromatic rings. The summed E-state index contributed by atoms with van der Waals surface area (Å²) >= 11 is 7.34. The van der Waals surface area contributed by atoms with E-state index in [1.165, 1.54) is 18.4 Å². The normalized spacial score (nSPS) is 12.0. The Morgan fingerprint density at radius 2 is 2.14 bits per heavy atom. The molecule has 0 radical (unpaired) electrons. The van der Waals surface area contributed by atoms with Crippen molar-refractivity contribution in [1.29, 1.82) is 0 Å². The van der Waals surface area contributed by atoms with E-state index in [4.69, 9.17) is 16.3 Å². The van der Waals surface area contributed by atoms with Crippen LogP contribution in [0.5, 0.6) is 11.5 Å². The number of carbonyl (C=O) groups is 1. The van der Waals surface area contributed by atoms with Crippen molar-refractivity contribution in [2.75, 3.05) is 14.2 Å². The number of amides is 1. The summed E-state index contributed by atoms with van der Waals surface area (Å²) in [6.07, 6.45) is 0. The number of phenolic OH excluding ortho intramolecular Hbond substituents is 1. The van der Waals surface area contributed by atoms with Gasteiger partial charge in [0.25, 0.3) is 0 Å². The summed E-state index contributed by atoms with van der Waals surface area (Å²) in [6.45, 7) is 2.28. The molecule has 1 atom stereocenters. The molecule has 0 aliphatic rings. The first-order chi connectivity index (χ1) is 10.4. The molecule has 0 spiro atoms. The van der Waals surface area contributed by atoms with Crippen LogP contribution in [0.25, 0.3) is 0 Å². The number of nitrogens with zero attached hydrogens (tertiary/aromatic N) is 1. The fourth-order valence-corrected chi connectivity index (χ4v) is 3.30. The Bertz CT molecular complexity index is 671. The Labute approximate surface area is 138 Å². The van der Waals surface area contributed by atoms with Crippen LogP contribution in [0, 0.1) is 0 Å². The first kappa shape index (κ1) is 16.6. The highest BCUT2D eigenvalue weighted by atomic mass is 35.5. The number of rotatable bonds is 5. The molecule has 0 fully saturated rings. The van der Waals surface area contributed by atoms with Gasteiger partial charge in [-0.25, -0.2) is 0 Å². The van der Waals surface area contributed by atoms with Crippen molar-refractivity contribution < 1.29 is 14.6 Å². The molecular weight excluding hydrogens is 322 g/mol. The van der Waals surface area contributed by atoms with Crippen LogP contribution in [-0.2, 0) is 11.3 Å². The Balaban J connectivity index is 2.06. The molecule has 4 nitrogen and oxygen atoms in total. The third kappa shape index (κ3) is 3.72. The average Bonchev–Trinajstić information content (AvgIpc) is 2.92. The fraction of sp³-hybridized carbons (Fsp3) is 0.312. The topological polar surface area (TPSA) is 49.8 Å². The van der Waals surface area contributed by atoms with Crippen LogP contribution in [0.3, 0.4) is 0 Å². The van der Waals surface area contributed by atoms with Crippen molar-refractivity contribution >= 4 is 28.8 Å². The van der Waals surface area contributed by atoms with Gasteiger partial charge in [-0.2, -0.15) is 0 Å². The van der Waals surface area contributed by atoms with Crippen LogP contribution >= 0.6 is 22.9 Å². The minimum absolute atomic E-state index is 0.00817. The van der Waals surface area contributed by atoms with Gasteiger partial charge in [0.2, 0.25) is 5.91 Å². The number of ether oxygens (including phenoxy) is 1. The minimum atomic E-state index is -0.241. The van der Waals surface area contributed by atoms with Gasteiger partial charge in [0, 0.05) is 18.5 Å². The SMILES string of the molecule is COc1ccc(CN(C)C(=O)[C@H](C)c2ccc(Cl)s2)cc1O. The second-order valence-corrected chi connectivity index (χ2v) is 6.81. The number of phenols is 1.